The maximum atomic E-state index is 12.3. The number of thiophene rings is 1. The van der Waals surface area contributed by atoms with Gasteiger partial charge in [-0.1, -0.05) is 0 Å². The van der Waals surface area contributed by atoms with Gasteiger partial charge in [0.25, 0.3) is 0 Å². The van der Waals surface area contributed by atoms with Crippen LogP contribution in [0.15, 0.2) is 11.4 Å². The Morgan fingerprint density at radius 3 is 3.37 bits per heavy atom. The molecule has 0 aromatic carbocycles. The number of carbonyl (C=O) groups excluding carboxylic acids is 1. The molecule has 5 heteroatoms. The van der Waals surface area contributed by atoms with Crippen molar-refractivity contribution in [2.24, 2.45) is 0 Å². The van der Waals surface area contributed by atoms with Crippen LogP contribution >= 0.6 is 11.3 Å². The van der Waals surface area contributed by atoms with Gasteiger partial charge in [0.2, 0.25) is 5.91 Å². The first kappa shape index (κ1) is 13.1. The van der Waals surface area contributed by atoms with E-state index >= 15 is 0 Å². The molecular weight excluding hydrogens is 260 g/mol. The monoisotopic (exact) mass is 280 g/mol. The van der Waals surface area contributed by atoms with E-state index in [4.69, 9.17) is 4.74 Å². The summed E-state index contributed by atoms with van der Waals surface area (Å²) in [5, 5.41) is 8.53. The Morgan fingerprint density at radius 1 is 1.58 bits per heavy atom. The summed E-state index contributed by atoms with van der Waals surface area (Å²) in [5.41, 5.74) is 1.25. The Balaban J connectivity index is 1.56. The van der Waals surface area contributed by atoms with Crippen LogP contribution in [-0.2, 0) is 16.0 Å². The van der Waals surface area contributed by atoms with Crippen LogP contribution in [0, 0.1) is 0 Å². The number of ether oxygens (including phenoxy) is 1. The fourth-order valence-corrected chi connectivity index (χ4v) is 3.84. The number of rotatable bonds is 3. The highest BCUT2D eigenvalue weighted by Crippen LogP contribution is 2.34. The fraction of sp³-hybridized carbons (Fsp3) is 0.643. The van der Waals surface area contributed by atoms with Gasteiger partial charge in [-0.15, -0.1) is 11.3 Å². The Labute approximate surface area is 117 Å². The van der Waals surface area contributed by atoms with E-state index in [1.807, 2.05) is 0 Å². The number of fused-ring (bicyclic) bond motifs is 1. The first-order chi connectivity index (χ1) is 9.34. The summed E-state index contributed by atoms with van der Waals surface area (Å²) in [6, 6.07) is 2.37. The van der Waals surface area contributed by atoms with Gasteiger partial charge >= 0.3 is 0 Å². The van der Waals surface area contributed by atoms with Crippen molar-refractivity contribution < 1.29 is 9.53 Å². The van der Waals surface area contributed by atoms with Gasteiger partial charge in [-0.25, -0.2) is 0 Å². The molecule has 19 heavy (non-hydrogen) atoms. The standard InChI is InChI=1S/C14H20N2O2S/c17-14(16-8-10-9-18-6-5-15-10)12-2-1-3-13-11(12)4-7-19-13/h4,7,10,12,15H,1-3,5-6,8-9H2,(H,16,17). The number of amides is 1. The van der Waals surface area contributed by atoms with Crippen molar-refractivity contribution in [3.8, 4) is 0 Å². The molecule has 2 heterocycles. The van der Waals surface area contributed by atoms with Gasteiger partial charge < -0.3 is 15.4 Å². The molecule has 4 nitrogen and oxygen atoms in total. The van der Waals surface area contributed by atoms with Gasteiger partial charge in [0, 0.05) is 24.0 Å². The van der Waals surface area contributed by atoms with Gasteiger partial charge in [-0.2, -0.15) is 0 Å². The van der Waals surface area contributed by atoms with Gasteiger partial charge in [0.05, 0.1) is 19.1 Å². The van der Waals surface area contributed by atoms with E-state index in [1.165, 1.54) is 10.4 Å². The van der Waals surface area contributed by atoms with Crippen LogP contribution in [0.1, 0.15) is 29.2 Å². The predicted octanol–water partition coefficient (Wildman–Crippen LogP) is 1.27. The summed E-state index contributed by atoms with van der Waals surface area (Å²) < 4.78 is 5.39. The third-order valence-electron chi connectivity index (χ3n) is 3.89. The first-order valence-electron chi connectivity index (χ1n) is 6.99. The third kappa shape index (κ3) is 2.99. The second-order valence-electron chi connectivity index (χ2n) is 5.22. The summed E-state index contributed by atoms with van der Waals surface area (Å²) >= 11 is 1.78. The van der Waals surface area contributed by atoms with Crippen molar-refractivity contribution in [3.63, 3.8) is 0 Å². The maximum absolute atomic E-state index is 12.3. The molecular formula is C14H20N2O2S. The molecule has 0 spiro atoms. The molecule has 1 fully saturated rings. The zero-order valence-electron chi connectivity index (χ0n) is 11.0. The molecule has 1 aromatic heterocycles. The minimum atomic E-state index is 0.0551. The lowest BCUT2D eigenvalue weighted by atomic mass is 9.87. The van der Waals surface area contributed by atoms with Gasteiger partial charge in [-0.3, -0.25) is 4.79 Å². The molecule has 3 rings (SSSR count). The van der Waals surface area contributed by atoms with Gasteiger partial charge in [0.15, 0.2) is 0 Å². The highest BCUT2D eigenvalue weighted by Gasteiger charge is 2.27. The number of aryl methyl sites for hydroxylation is 1. The lowest BCUT2D eigenvalue weighted by molar-refractivity contribution is -0.123. The van der Waals surface area contributed by atoms with Crippen molar-refractivity contribution in [2.75, 3.05) is 26.3 Å². The Bertz CT molecular complexity index is 440. The number of hydrogen-bond donors (Lipinski definition) is 2. The second-order valence-corrected chi connectivity index (χ2v) is 6.22. The third-order valence-corrected chi connectivity index (χ3v) is 4.89. The largest absolute Gasteiger partial charge is 0.378 e. The van der Waals surface area contributed by atoms with Gasteiger partial charge in [-0.05, 0) is 36.3 Å². The van der Waals surface area contributed by atoms with Crippen molar-refractivity contribution >= 4 is 17.2 Å². The fourth-order valence-electron chi connectivity index (χ4n) is 2.86. The lowest BCUT2D eigenvalue weighted by Crippen LogP contribution is -2.49. The van der Waals surface area contributed by atoms with Crippen LogP contribution in [0.2, 0.25) is 0 Å². The summed E-state index contributed by atoms with van der Waals surface area (Å²) in [6.45, 7) is 2.99. The average Bonchev–Trinajstić information content (AvgIpc) is 2.94. The van der Waals surface area contributed by atoms with Crippen molar-refractivity contribution in [3.05, 3.63) is 21.9 Å². The van der Waals surface area contributed by atoms with E-state index in [-0.39, 0.29) is 17.9 Å². The van der Waals surface area contributed by atoms with E-state index in [1.54, 1.807) is 11.3 Å². The number of morpholine rings is 1. The minimum absolute atomic E-state index is 0.0551. The molecule has 0 radical (unpaired) electrons. The SMILES string of the molecule is O=C(NCC1COCCN1)C1CCCc2sccc21. The van der Waals surface area contributed by atoms with Gasteiger partial charge in [0.1, 0.15) is 0 Å². The van der Waals surface area contributed by atoms with E-state index in [2.05, 4.69) is 22.1 Å². The van der Waals surface area contributed by atoms with Crippen LogP contribution in [0.25, 0.3) is 0 Å². The molecule has 0 bridgehead atoms. The number of carbonyl (C=O) groups is 1. The van der Waals surface area contributed by atoms with E-state index < -0.39 is 0 Å². The van der Waals surface area contributed by atoms with Crippen molar-refractivity contribution in [2.45, 2.75) is 31.2 Å². The van der Waals surface area contributed by atoms with Crippen LogP contribution in [0.3, 0.4) is 0 Å². The maximum Gasteiger partial charge on any atom is 0.227 e. The molecule has 1 aromatic rings. The topological polar surface area (TPSA) is 50.4 Å². The summed E-state index contributed by atoms with van der Waals surface area (Å²) in [4.78, 5) is 13.7. The molecule has 2 unspecified atom stereocenters. The van der Waals surface area contributed by atoms with E-state index in [9.17, 15) is 4.79 Å². The molecule has 104 valence electrons. The highest BCUT2D eigenvalue weighted by atomic mass is 32.1. The van der Waals surface area contributed by atoms with E-state index in [0.29, 0.717) is 13.2 Å². The average molecular weight is 280 g/mol. The molecule has 1 amide bonds. The van der Waals surface area contributed by atoms with Crippen LogP contribution < -0.4 is 10.6 Å². The highest BCUT2D eigenvalue weighted by molar-refractivity contribution is 7.10. The zero-order chi connectivity index (χ0) is 13.1. The normalized spacial score (nSPS) is 26.7. The number of nitrogens with one attached hydrogen (secondary N) is 2. The molecule has 2 atom stereocenters. The Kier molecular flexibility index (Phi) is 4.15. The molecule has 2 aliphatic rings. The van der Waals surface area contributed by atoms with E-state index in [0.717, 1.165) is 32.4 Å². The molecule has 1 aliphatic carbocycles. The zero-order valence-corrected chi connectivity index (χ0v) is 11.8. The lowest BCUT2D eigenvalue weighted by Gasteiger charge is -2.26. The summed E-state index contributed by atoms with van der Waals surface area (Å²) in [5.74, 6) is 0.228. The molecule has 2 N–H and O–H groups in total. The predicted molar refractivity (Wildman–Crippen MR) is 75.6 cm³/mol. The summed E-state index contributed by atoms with van der Waals surface area (Å²) in [7, 11) is 0. The summed E-state index contributed by atoms with van der Waals surface area (Å²) in [6.07, 6.45) is 3.23. The quantitative estimate of drug-likeness (QED) is 0.877. The smallest absolute Gasteiger partial charge is 0.227 e. The van der Waals surface area contributed by atoms with Crippen molar-refractivity contribution in [1.82, 2.24) is 10.6 Å². The Hall–Kier alpha value is -0.910. The number of hydrogen-bond acceptors (Lipinski definition) is 4. The molecule has 0 saturated carbocycles. The van der Waals surface area contributed by atoms with Crippen LogP contribution in [0.4, 0.5) is 0 Å². The first-order valence-corrected chi connectivity index (χ1v) is 7.87. The van der Waals surface area contributed by atoms with Crippen molar-refractivity contribution in [1.29, 1.82) is 0 Å². The van der Waals surface area contributed by atoms with Crippen LogP contribution in [-0.4, -0.2) is 38.3 Å². The molecule has 1 aliphatic heterocycles. The molecule has 1 saturated heterocycles. The Morgan fingerprint density at radius 2 is 2.53 bits per heavy atom. The second kappa shape index (κ2) is 6.03. The minimum Gasteiger partial charge on any atom is -0.378 e. The van der Waals surface area contributed by atoms with Crippen LogP contribution in [0.5, 0.6) is 0 Å².